The topological polar surface area (TPSA) is 57.8 Å². The molecular weight excluding hydrogens is 223 g/mol. The normalized spacial score (nSPS) is 13.6. The Morgan fingerprint density at radius 3 is 2.69 bits per heavy atom. The van der Waals surface area contributed by atoms with E-state index in [1.54, 1.807) is 6.92 Å². The van der Waals surface area contributed by atoms with E-state index in [2.05, 4.69) is 15.5 Å². The molecule has 0 aliphatic heterocycles. The third kappa shape index (κ3) is 3.56. The number of hydrogen-bond donors (Lipinski definition) is 2. The number of aromatic amines is 1. The number of rotatable bonds is 3. The average Bonchev–Trinajstić information content (AvgIpc) is 2.47. The fraction of sp³-hybridized carbons (Fsp3) is 0.556. The van der Waals surface area contributed by atoms with Crippen molar-refractivity contribution in [2.24, 2.45) is 0 Å². The number of hydrogen-bond acceptors (Lipinski definition) is 2. The van der Waals surface area contributed by atoms with Crippen LogP contribution in [0.5, 0.6) is 0 Å². The van der Waals surface area contributed by atoms with E-state index in [1.165, 1.54) is 13.1 Å². The summed E-state index contributed by atoms with van der Waals surface area (Å²) in [6.45, 7) is 2.93. The molecule has 90 valence electrons. The van der Waals surface area contributed by atoms with Gasteiger partial charge in [0.2, 0.25) is 0 Å². The third-order valence-corrected chi connectivity index (χ3v) is 1.99. The summed E-state index contributed by atoms with van der Waals surface area (Å²) in [6.07, 6.45) is -4.04. The van der Waals surface area contributed by atoms with Gasteiger partial charge in [0.1, 0.15) is 0 Å². The molecule has 1 amide bonds. The van der Waals surface area contributed by atoms with Crippen molar-refractivity contribution in [3.8, 4) is 0 Å². The molecule has 1 atom stereocenters. The lowest BCUT2D eigenvalue weighted by Gasteiger charge is -2.15. The molecule has 1 aromatic rings. The lowest BCUT2D eigenvalue weighted by molar-refractivity contribution is -0.138. The van der Waals surface area contributed by atoms with Crippen molar-refractivity contribution >= 4 is 5.91 Å². The fourth-order valence-electron chi connectivity index (χ4n) is 1.28. The molecule has 0 aliphatic rings. The minimum Gasteiger partial charge on any atom is -0.349 e. The van der Waals surface area contributed by atoms with Crippen LogP contribution in [0.3, 0.4) is 0 Å². The molecule has 4 nitrogen and oxygen atoms in total. The predicted molar refractivity (Wildman–Crippen MR) is 50.9 cm³/mol. The van der Waals surface area contributed by atoms with Gasteiger partial charge in [-0.15, -0.1) is 0 Å². The first-order valence-electron chi connectivity index (χ1n) is 4.67. The van der Waals surface area contributed by atoms with Gasteiger partial charge in [-0.2, -0.15) is 18.3 Å². The number of aryl methyl sites for hydroxylation is 1. The van der Waals surface area contributed by atoms with Gasteiger partial charge in [0.15, 0.2) is 0 Å². The highest BCUT2D eigenvalue weighted by atomic mass is 19.4. The van der Waals surface area contributed by atoms with Crippen molar-refractivity contribution in [3.63, 3.8) is 0 Å². The van der Waals surface area contributed by atoms with Crippen LogP contribution in [0.2, 0.25) is 0 Å². The highest BCUT2D eigenvalue weighted by Crippen LogP contribution is 2.21. The van der Waals surface area contributed by atoms with E-state index in [1.807, 2.05) is 0 Å². The summed E-state index contributed by atoms with van der Waals surface area (Å²) in [5.74, 6) is -0.553. The van der Waals surface area contributed by atoms with E-state index < -0.39 is 24.5 Å². The summed E-state index contributed by atoms with van der Waals surface area (Å²) in [7, 11) is 0. The van der Waals surface area contributed by atoms with Crippen LogP contribution >= 0.6 is 0 Å². The molecule has 0 bridgehead atoms. The van der Waals surface area contributed by atoms with Gasteiger partial charge in [-0.25, -0.2) is 0 Å². The zero-order chi connectivity index (χ0) is 12.3. The second-order valence-corrected chi connectivity index (χ2v) is 3.60. The molecular formula is C9H12F3N3O. The Morgan fingerprint density at radius 2 is 2.25 bits per heavy atom. The quantitative estimate of drug-likeness (QED) is 0.839. The van der Waals surface area contributed by atoms with E-state index in [0.29, 0.717) is 5.69 Å². The molecule has 16 heavy (non-hydrogen) atoms. The summed E-state index contributed by atoms with van der Waals surface area (Å²) in [4.78, 5) is 11.5. The number of alkyl halides is 3. The summed E-state index contributed by atoms with van der Waals surface area (Å²) >= 11 is 0. The molecule has 0 aromatic carbocycles. The van der Waals surface area contributed by atoms with Crippen LogP contribution in [0.25, 0.3) is 0 Å². The van der Waals surface area contributed by atoms with Crippen molar-refractivity contribution in [1.29, 1.82) is 0 Å². The van der Waals surface area contributed by atoms with Crippen LogP contribution < -0.4 is 5.32 Å². The van der Waals surface area contributed by atoms with Crippen molar-refractivity contribution in [1.82, 2.24) is 15.5 Å². The minimum atomic E-state index is -4.28. The van der Waals surface area contributed by atoms with Crippen molar-refractivity contribution < 1.29 is 18.0 Å². The Hall–Kier alpha value is -1.53. The predicted octanol–water partition coefficient (Wildman–Crippen LogP) is 1.79. The summed E-state index contributed by atoms with van der Waals surface area (Å²) < 4.78 is 36.0. The van der Waals surface area contributed by atoms with Gasteiger partial charge in [-0.05, 0) is 13.8 Å². The number of halogens is 3. The molecule has 0 saturated carbocycles. The van der Waals surface area contributed by atoms with E-state index in [4.69, 9.17) is 0 Å². The monoisotopic (exact) mass is 235 g/mol. The lowest BCUT2D eigenvalue weighted by atomic mass is 10.2. The Kier molecular flexibility index (Phi) is 3.56. The molecule has 1 aromatic heterocycles. The van der Waals surface area contributed by atoms with Gasteiger partial charge >= 0.3 is 6.18 Å². The molecule has 0 saturated heterocycles. The zero-order valence-corrected chi connectivity index (χ0v) is 8.85. The number of amides is 1. The first kappa shape index (κ1) is 12.5. The second kappa shape index (κ2) is 4.54. The molecule has 2 N–H and O–H groups in total. The number of carbonyl (C=O) groups excluding carboxylic acids is 1. The van der Waals surface area contributed by atoms with Crippen LogP contribution in [-0.4, -0.2) is 28.3 Å². The molecule has 0 fully saturated rings. The Bertz CT molecular complexity index is 372. The van der Waals surface area contributed by atoms with Crippen LogP contribution in [0.1, 0.15) is 29.4 Å². The van der Waals surface area contributed by atoms with Crippen molar-refractivity contribution in [3.05, 3.63) is 17.5 Å². The molecule has 0 aliphatic carbocycles. The summed E-state index contributed by atoms with van der Waals surface area (Å²) in [5, 5.41) is 8.42. The molecule has 0 spiro atoms. The van der Waals surface area contributed by atoms with Crippen LogP contribution in [0, 0.1) is 6.92 Å². The summed E-state index contributed by atoms with van der Waals surface area (Å²) in [6, 6.07) is -0.957. The van der Waals surface area contributed by atoms with Crippen LogP contribution in [0.4, 0.5) is 13.2 Å². The smallest absolute Gasteiger partial charge is 0.349 e. The van der Waals surface area contributed by atoms with Crippen LogP contribution in [0.15, 0.2) is 6.20 Å². The van der Waals surface area contributed by atoms with Gasteiger partial charge in [0, 0.05) is 11.7 Å². The highest BCUT2D eigenvalue weighted by molar-refractivity contribution is 5.95. The Labute approximate surface area is 90.2 Å². The Morgan fingerprint density at radius 1 is 1.62 bits per heavy atom. The average molecular weight is 235 g/mol. The highest BCUT2D eigenvalue weighted by Gasteiger charge is 2.30. The van der Waals surface area contributed by atoms with Gasteiger partial charge in [-0.1, -0.05) is 0 Å². The van der Waals surface area contributed by atoms with Crippen molar-refractivity contribution in [2.45, 2.75) is 32.5 Å². The maximum absolute atomic E-state index is 12.0. The standard InChI is InChI=1S/C9H12F3N3O/c1-5(3-9(10,11)12)14-8(16)7-4-13-15-6(7)2/h4-5H,3H2,1-2H3,(H,13,15)(H,14,16). The summed E-state index contributed by atoms with van der Waals surface area (Å²) in [5.41, 5.74) is 0.783. The maximum atomic E-state index is 12.0. The van der Waals surface area contributed by atoms with Gasteiger partial charge < -0.3 is 5.32 Å². The number of carbonyl (C=O) groups is 1. The van der Waals surface area contributed by atoms with E-state index in [9.17, 15) is 18.0 Å². The maximum Gasteiger partial charge on any atom is 0.391 e. The zero-order valence-electron chi connectivity index (χ0n) is 8.85. The number of H-pyrrole nitrogens is 1. The van der Waals surface area contributed by atoms with Crippen LogP contribution in [-0.2, 0) is 0 Å². The number of aromatic nitrogens is 2. The third-order valence-electron chi connectivity index (χ3n) is 1.99. The van der Waals surface area contributed by atoms with E-state index >= 15 is 0 Å². The Balaban J connectivity index is 2.56. The van der Waals surface area contributed by atoms with Gasteiger partial charge in [0.05, 0.1) is 18.2 Å². The first-order valence-corrected chi connectivity index (χ1v) is 4.67. The number of nitrogens with zero attached hydrogens (tertiary/aromatic N) is 1. The molecule has 1 rings (SSSR count). The lowest BCUT2D eigenvalue weighted by Crippen LogP contribution is -2.36. The molecule has 7 heteroatoms. The SMILES string of the molecule is Cc1[nH]ncc1C(=O)NC(C)CC(F)(F)F. The molecule has 1 heterocycles. The van der Waals surface area contributed by atoms with E-state index in [-0.39, 0.29) is 5.56 Å². The second-order valence-electron chi connectivity index (χ2n) is 3.60. The fourth-order valence-corrected chi connectivity index (χ4v) is 1.28. The number of nitrogens with one attached hydrogen (secondary N) is 2. The molecule has 1 unspecified atom stereocenters. The first-order chi connectivity index (χ1) is 7.29. The van der Waals surface area contributed by atoms with Crippen molar-refractivity contribution in [2.75, 3.05) is 0 Å². The van der Waals surface area contributed by atoms with Gasteiger partial charge in [-0.3, -0.25) is 9.89 Å². The van der Waals surface area contributed by atoms with E-state index in [0.717, 1.165) is 0 Å². The largest absolute Gasteiger partial charge is 0.391 e. The molecule has 0 radical (unpaired) electrons. The van der Waals surface area contributed by atoms with Gasteiger partial charge in [0.25, 0.3) is 5.91 Å². The minimum absolute atomic E-state index is 0.258.